The molecule has 22 heteroatoms. The van der Waals surface area contributed by atoms with Crippen molar-refractivity contribution in [2.45, 2.75) is 167 Å². The number of nitrogens with zero attached hydrogens (tertiary/aromatic N) is 3. The highest BCUT2D eigenvalue weighted by molar-refractivity contribution is 5.98. The van der Waals surface area contributed by atoms with E-state index in [1.807, 2.05) is 20.8 Å². The van der Waals surface area contributed by atoms with E-state index < -0.39 is 120 Å². The van der Waals surface area contributed by atoms with Gasteiger partial charge in [-0.3, -0.25) is 43.3 Å². The standard InChI is InChI=1S/C46H72N10O12/c1-8-9-11-18-34(57)50-31(24-36(59)60)40(62)54-38-27(6)68-45(67)37(26(4)5)53-41(63)32(23-28-15-12-10-13-16-28)55(7)44(66)33(22-25(2)3)56-35(58)20-19-30(43(56)65)52-39(61)29(51-42(38)64)17-14-21-49-46(47)48/h10,12-13,15-16,25-27,29-33,35,37-38,58H,8-9,11,14,17-24H2,1-7H3,(H,50,57)(H,51,64)(H,52,61)(H,53,63)(H,54,62)(H,59,60)(H4,47,48,49)/t27-,29+,30?,31+,32+,33+,35+,37+,38?/m1/s1. The van der Waals surface area contributed by atoms with Crippen molar-refractivity contribution < 1.29 is 58.1 Å². The van der Waals surface area contributed by atoms with Gasteiger partial charge in [0.05, 0.1) is 6.42 Å². The van der Waals surface area contributed by atoms with Crippen LogP contribution in [-0.2, 0) is 54.3 Å². The Hall–Kier alpha value is -6.32. The number of aliphatic carboxylic acids is 1. The minimum Gasteiger partial charge on any atom is -0.481 e. The number of carbonyl (C=O) groups excluding carboxylic acids is 8. The predicted octanol–water partition coefficient (Wildman–Crippen LogP) is -0.455. The van der Waals surface area contributed by atoms with Gasteiger partial charge in [-0.05, 0) is 62.8 Å². The topological polar surface area (TPSA) is 334 Å². The van der Waals surface area contributed by atoms with Gasteiger partial charge < -0.3 is 62.8 Å². The molecule has 0 aliphatic carbocycles. The number of rotatable bonds is 18. The van der Waals surface area contributed by atoms with Crippen LogP contribution in [0.25, 0.3) is 0 Å². The lowest BCUT2D eigenvalue weighted by atomic mass is 9.94. The van der Waals surface area contributed by atoms with Crippen LogP contribution in [0, 0.1) is 11.8 Å². The first-order chi connectivity index (χ1) is 32.0. The SMILES string of the molecule is CCCCCC(=O)N[C@@H](CC(=O)O)C(=O)NC1C(=O)N[C@@H](CCCN=C(N)N)C(=O)NC2CC[C@H](O)N(C2=O)[C@@H](CC(C)C)C(=O)N(C)[C@@H](Cc2ccccc2)C(=O)N[C@@H](C(C)C)C(=O)O[C@@H]1C. The summed E-state index contributed by atoms with van der Waals surface area (Å²) in [5.41, 5.74) is 11.7. The fourth-order valence-electron chi connectivity index (χ4n) is 8.03. The van der Waals surface area contributed by atoms with Gasteiger partial charge in [0.1, 0.15) is 54.6 Å². The molecule has 1 aromatic rings. The van der Waals surface area contributed by atoms with Crippen LogP contribution >= 0.6 is 0 Å². The van der Waals surface area contributed by atoms with Gasteiger partial charge in [0.2, 0.25) is 41.4 Å². The summed E-state index contributed by atoms with van der Waals surface area (Å²) >= 11 is 0. The highest BCUT2D eigenvalue weighted by Gasteiger charge is 2.46. The number of hydrogen-bond acceptors (Lipinski definition) is 12. The highest BCUT2D eigenvalue weighted by atomic mass is 16.5. The molecule has 9 atom stereocenters. The Bertz CT molecular complexity index is 1960. The normalized spacial score (nSPS) is 24.9. The van der Waals surface area contributed by atoms with Crippen molar-refractivity contribution in [3.8, 4) is 0 Å². The van der Waals surface area contributed by atoms with E-state index >= 15 is 0 Å². The van der Waals surface area contributed by atoms with Crippen molar-refractivity contribution in [2.75, 3.05) is 13.6 Å². The lowest BCUT2D eigenvalue weighted by Crippen LogP contribution is -2.65. The number of unbranched alkanes of at least 4 members (excludes halogenated alkanes) is 2. The number of nitrogens with two attached hydrogens (primary N) is 2. The number of carboxylic acids is 1. The number of piperidine rings is 1. The van der Waals surface area contributed by atoms with E-state index in [9.17, 15) is 53.4 Å². The third-order valence-corrected chi connectivity index (χ3v) is 11.8. The van der Waals surface area contributed by atoms with Crippen LogP contribution in [0.15, 0.2) is 35.3 Å². The number of esters is 1. The van der Waals surface area contributed by atoms with Gasteiger partial charge in [-0.25, -0.2) is 4.79 Å². The molecule has 3 rings (SSSR count). The summed E-state index contributed by atoms with van der Waals surface area (Å²) < 4.78 is 5.82. The van der Waals surface area contributed by atoms with Gasteiger partial charge >= 0.3 is 11.9 Å². The van der Waals surface area contributed by atoms with Crippen molar-refractivity contribution >= 4 is 59.2 Å². The molecule has 22 nitrogen and oxygen atoms in total. The van der Waals surface area contributed by atoms with Gasteiger partial charge in [0.15, 0.2) is 5.96 Å². The number of amides is 7. The smallest absolute Gasteiger partial charge is 0.329 e. The fourth-order valence-corrected chi connectivity index (χ4v) is 8.03. The van der Waals surface area contributed by atoms with Gasteiger partial charge in [-0.1, -0.05) is 77.8 Å². The summed E-state index contributed by atoms with van der Waals surface area (Å²) in [7, 11) is 1.39. The summed E-state index contributed by atoms with van der Waals surface area (Å²) in [6.07, 6.45) is -2.15. The third kappa shape index (κ3) is 16.8. The number of aliphatic hydroxyl groups excluding tert-OH is 1. The number of fused-ring (bicyclic) bond motifs is 2. The van der Waals surface area contributed by atoms with Crippen LogP contribution in [0.1, 0.15) is 111 Å². The zero-order valence-corrected chi connectivity index (χ0v) is 40.2. The number of likely N-dealkylation sites (N-methyl/N-ethyl adjacent to an activating group) is 1. The lowest BCUT2D eigenvalue weighted by Gasteiger charge is -2.43. The maximum absolute atomic E-state index is 14.8. The summed E-state index contributed by atoms with van der Waals surface area (Å²) in [4.78, 5) is 132. The number of guanidine groups is 1. The van der Waals surface area contributed by atoms with Gasteiger partial charge in [-0.2, -0.15) is 0 Å². The molecule has 2 aliphatic heterocycles. The fraction of sp³-hybridized carbons (Fsp3) is 0.652. The average Bonchev–Trinajstić information content (AvgIpc) is 3.26. The molecule has 2 heterocycles. The Kier molecular flexibility index (Phi) is 22.1. The monoisotopic (exact) mass is 957 g/mol. The van der Waals surface area contributed by atoms with E-state index in [1.165, 1.54) is 18.9 Å². The molecule has 2 saturated heterocycles. The molecule has 2 fully saturated rings. The number of cyclic esters (lactones) is 1. The first-order valence-corrected chi connectivity index (χ1v) is 23.3. The Labute approximate surface area is 397 Å². The third-order valence-electron chi connectivity index (χ3n) is 11.8. The molecule has 2 unspecified atom stereocenters. The van der Waals surface area contributed by atoms with Crippen LogP contribution in [0.5, 0.6) is 0 Å². The molecule has 68 heavy (non-hydrogen) atoms. The molecule has 0 saturated carbocycles. The first kappa shape index (κ1) is 56.0. The van der Waals surface area contributed by atoms with Crippen LogP contribution in [-0.4, -0.2) is 147 Å². The van der Waals surface area contributed by atoms with Crippen molar-refractivity contribution in [3.05, 3.63) is 35.9 Å². The molecule has 7 amide bonds. The predicted molar refractivity (Wildman–Crippen MR) is 248 cm³/mol. The lowest BCUT2D eigenvalue weighted by molar-refractivity contribution is -0.166. The van der Waals surface area contributed by atoms with E-state index in [0.717, 1.165) is 11.3 Å². The second-order valence-electron chi connectivity index (χ2n) is 18.2. The number of aliphatic hydroxyl groups is 1. The second kappa shape index (κ2) is 26.9. The van der Waals surface area contributed by atoms with Crippen LogP contribution in [0.4, 0.5) is 0 Å². The molecule has 2 aliphatic rings. The average molecular weight is 957 g/mol. The van der Waals surface area contributed by atoms with Gasteiger partial charge in [-0.15, -0.1) is 0 Å². The number of aliphatic imine (C=N–C) groups is 1. The van der Waals surface area contributed by atoms with Gasteiger partial charge in [0.25, 0.3) is 0 Å². The number of benzene rings is 1. The van der Waals surface area contributed by atoms with E-state index in [2.05, 4.69) is 31.6 Å². The Morgan fingerprint density at radius 2 is 1.57 bits per heavy atom. The van der Waals surface area contributed by atoms with E-state index in [-0.39, 0.29) is 63.4 Å². The number of carbonyl (C=O) groups is 9. The number of carboxylic acid groups (broad SMARTS) is 1. The number of nitrogens with one attached hydrogen (secondary N) is 5. The van der Waals surface area contributed by atoms with Crippen LogP contribution < -0.4 is 38.1 Å². The molecule has 1 aromatic carbocycles. The van der Waals surface area contributed by atoms with Crippen LogP contribution in [0.2, 0.25) is 0 Å². The summed E-state index contributed by atoms with van der Waals surface area (Å²) in [6, 6.07) is -1.57. The van der Waals surface area contributed by atoms with Crippen molar-refractivity contribution in [3.63, 3.8) is 0 Å². The van der Waals surface area contributed by atoms with Gasteiger partial charge in [0, 0.05) is 26.4 Å². The van der Waals surface area contributed by atoms with Crippen molar-refractivity contribution in [2.24, 2.45) is 28.3 Å². The minimum atomic E-state index is -1.85. The maximum Gasteiger partial charge on any atom is 0.329 e. The quantitative estimate of drug-likeness (QED) is 0.0390. The summed E-state index contributed by atoms with van der Waals surface area (Å²) in [5.74, 6) is -9.59. The van der Waals surface area contributed by atoms with E-state index in [4.69, 9.17) is 16.2 Å². The molecule has 0 radical (unpaired) electrons. The Morgan fingerprint density at radius 3 is 2.18 bits per heavy atom. The highest BCUT2D eigenvalue weighted by Crippen LogP contribution is 2.26. The largest absolute Gasteiger partial charge is 0.481 e. The minimum absolute atomic E-state index is 0.00735. The van der Waals surface area contributed by atoms with E-state index in [0.29, 0.717) is 18.4 Å². The molecular weight excluding hydrogens is 885 g/mol. The summed E-state index contributed by atoms with van der Waals surface area (Å²) in [5, 5.41) is 33.9. The van der Waals surface area contributed by atoms with E-state index in [1.54, 1.807) is 44.2 Å². The Balaban J connectivity index is 2.22. The molecule has 378 valence electrons. The van der Waals surface area contributed by atoms with Crippen molar-refractivity contribution in [1.29, 1.82) is 0 Å². The molecule has 0 aromatic heterocycles. The number of ether oxygens (including phenoxy) is 1. The second-order valence-corrected chi connectivity index (χ2v) is 18.2. The Morgan fingerprint density at radius 1 is 0.897 bits per heavy atom. The molecular formula is C46H72N10O12. The van der Waals surface area contributed by atoms with Crippen LogP contribution in [0.3, 0.4) is 0 Å². The summed E-state index contributed by atoms with van der Waals surface area (Å²) in [6.45, 7) is 10.1. The zero-order chi connectivity index (χ0) is 50.8. The first-order valence-electron chi connectivity index (χ1n) is 23.3. The van der Waals surface area contributed by atoms with Crippen molar-refractivity contribution in [1.82, 2.24) is 36.4 Å². The molecule has 0 spiro atoms. The number of hydrogen-bond donors (Lipinski definition) is 9. The maximum atomic E-state index is 14.8. The molecule has 11 N–H and O–H groups in total. The molecule has 2 bridgehead atoms. The zero-order valence-electron chi connectivity index (χ0n) is 40.2.